The molecule has 2 N–H and O–H groups in total. The van der Waals surface area contributed by atoms with E-state index in [9.17, 15) is 9.90 Å². The normalized spacial score (nSPS) is 21.1. The number of amides is 1. The number of nitrogens with one attached hydrogen (secondary N) is 1. The lowest BCUT2D eigenvalue weighted by Crippen LogP contribution is -2.66. The van der Waals surface area contributed by atoms with Crippen LogP contribution in [0.15, 0.2) is 12.7 Å². The molecule has 1 amide bonds. The zero-order valence-corrected chi connectivity index (χ0v) is 40.3. The van der Waals surface area contributed by atoms with E-state index in [1.165, 1.54) is 109 Å². The molecule has 0 spiro atoms. The number of ether oxygens (including phenoxy) is 5. The van der Waals surface area contributed by atoms with Crippen molar-refractivity contribution in [3.63, 3.8) is 0 Å². The number of halogens is 3. The maximum atomic E-state index is 13.0. The highest BCUT2D eigenvalue weighted by molar-refractivity contribution is 6.74. The van der Waals surface area contributed by atoms with Crippen LogP contribution in [0.3, 0.4) is 0 Å². The summed E-state index contributed by atoms with van der Waals surface area (Å²) in [5, 5.41) is 14.5. The zero-order chi connectivity index (χ0) is 42.6. The SMILES string of the molecule is C=CCO[C@H]1O[C@H](CO[Si](C)(C)C(C)(C)C)[C@@H](O)[C@H](OCC[C@@H](CCCCCCCCCCC)OCCCCCCCCCCCC)[C@H]1NC(=O)OCC(Cl)(Cl)Cl. The molecule has 0 aromatic heterocycles. The molecule has 13 heteroatoms. The predicted molar refractivity (Wildman–Crippen MR) is 240 cm³/mol. The van der Waals surface area contributed by atoms with E-state index in [0.29, 0.717) is 13.0 Å². The molecule has 0 aromatic rings. The van der Waals surface area contributed by atoms with Crippen LogP contribution < -0.4 is 5.32 Å². The molecule has 338 valence electrons. The van der Waals surface area contributed by atoms with Crippen LogP contribution in [-0.2, 0) is 28.1 Å². The summed E-state index contributed by atoms with van der Waals surface area (Å²) in [7, 11) is -2.19. The number of alkyl halides is 3. The molecule has 0 aliphatic carbocycles. The summed E-state index contributed by atoms with van der Waals surface area (Å²) in [5.41, 5.74) is 0. The minimum atomic E-state index is -2.19. The summed E-state index contributed by atoms with van der Waals surface area (Å²) in [6.07, 6.45) is 22.7. The molecule has 1 fully saturated rings. The van der Waals surface area contributed by atoms with Gasteiger partial charge in [0.15, 0.2) is 14.6 Å². The lowest BCUT2D eigenvalue weighted by atomic mass is 9.96. The Morgan fingerprint density at radius 3 is 1.84 bits per heavy atom. The van der Waals surface area contributed by atoms with Gasteiger partial charge in [0.25, 0.3) is 0 Å². The lowest BCUT2D eigenvalue weighted by molar-refractivity contribution is -0.273. The van der Waals surface area contributed by atoms with Gasteiger partial charge in [0, 0.05) is 13.2 Å². The molecule has 0 radical (unpaired) electrons. The topological polar surface area (TPSA) is 105 Å². The zero-order valence-electron chi connectivity index (χ0n) is 37.1. The van der Waals surface area contributed by atoms with Gasteiger partial charge in [-0.3, -0.25) is 0 Å². The number of carbonyl (C=O) groups excluding carboxylic acids is 1. The number of alkyl carbamates (subject to hydrolysis) is 1. The molecule has 0 bridgehead atoms. The molecule has 1 aliphatic heterocycles. The number of unbranched alkanes of at least 4 members (excludes halogenated alkanes) is 17. The maximum absolute atomic E-state index is 13.0. The van der Waals surface area contributed by atoms with Gasteiger partial charge >= 0.3 is 6.09 Å². The van der Waals surface area contributed by atoms with E-state index >= 15 is 0 Å². The number of rotatable bonds is 34. The molecule has 0 aromatic carbocycles. The van der Waals surface area contributed by atoms with Gasteiger partial charge in [-0.15, -0.1) is 6.58 Å². The van der Waals surface area contributed by atoms with Crippen molar-refractivity contribution in [2.45, 2.75) is 228 Å². The van der Waals surface area contributed by atoms with Crippen molar-refractivity contribution in [3.8, 4) is 0 Å². The van der Waals surface area contributed by atoms with E-state index in [1.54, 1.807) is 6.08 Å². The third-order valence-corrected chi connectivity index (χ3v) is 16.2. The van der Waals surface area contributed by atoms with Crippen LogP contribution in [0, 0.1) is 0 Å². The first-order valence-corrected chi connectivity index (χ1v) is 26.5. The summed E-state index contributed by atoms with van der Waals surface area (Å²) in [5.74, 6) is 0. The minimum Gasteiger partial charge on any atom is -0.445 e. The second-order valence-corrected chi connectivity index (χ2v) is 24.8. The quantitative estimate of drug-likeness (QED) is 0.0285. The first-order chi connectivity index (χ1) is 27.1. The Bertz CT molecular complexity index is 1020. The standard InChI is InChI=1S/C44H84Cl3NO8Si/c1-9-12-14-16-18-20-22-24-26-28-32-51-36(29-27-25-23-21-19-17-15-13-10-2)30-33-52-40-38(48-42(50)54-35-44(45,46)47)41(53-31-11-3)56-37(39(40)49)34-55-57(7,8)43(4,5)6/h11,36-41,49H,3,9-10,12-35H2,1-2,4-8H3,(H,48,50)/t36-,37-,38-,39-,40-,41+/m1/s1. The van der Waals surface area contributed by atoms with Crippen LogP contribution in [0.2, 0.25) is 18.1 Å². The van der Waals surface area contributed by atoms with Gasteiger partial charge in [-0.05, 0) is 37.4 Å². The highest BCUT2D eigenvalue weighted by atomic mass is 35.6. The van der Waals surface area contributed by atoms with Gasteiger partial charge in [-0.1, -0.05) is 191 Å². The van der Waals surface area contributed by atoms with Crippen molar-refractivity contribution in [2.24, 2.45) is 0 Å². The molecule has 9 nitrogen and oxygen atoms in total. The van der Waals surface area contributed by atoms with E-state index in [0.717, 1.165) is 25.9 Å². The molecule has 1 heterocycles. The van der Waals surface area contributed by atoms with Gasteiger partial charge in [-0.2, -0.15) is 0 Å². The molecule has 6 atom stereocenters. The van der Waals surface area contributed by atoms with E-state index in [2.05, 4.69) is 59.6 Å². The minimum absolute atomic E-state index is 0.0243. The number of carbonyl (C=O) groups is 1. The summed E-state index contributed by atoms with van der Waals surface area (Å²) in [6.45, 7) is 19.9. The predicted octanol–water partition coefficient (Wildman–Crippen LogP) is 12.8. The van der Waals surface area contributed by atoms with E-state index in [-0.39, 0.29) is 24.4 Å². The molecule has 1 rings (SSSR count). The van der Waals surface area contributed by atoms with Gasteiger partial charge in [-0.25, -0.2) is 4.79 Å². The Balaban J connectivity index is 3.01. The number of aliphatic hydroxyl groups is 1. The smallest absolute Gasteiger partial charge is 0.407 e. The number of hydrogen-bond donors (Lipinski definition) is 2. The molecule has 1 saturated heterocycles. The lowest BCUT2D eigenvalue weighted by Gasteiger charge is -2.45. The van der Waals surface area contributed by atoms with Crippen LogP contribution >= 0.6 is 34.8 Å². The summed E-state index contributed by atoms with van der Waals surface area (Å²) >= 11 is 17.5. The van der Waals surface area contributed by atoms with Gasteiger partial charge in [0.05, 0.1) is 19.3 Å². The molecule has 1 aliphatic rings. The largest absolute Gasteiger partial charge is 0.445 e. The van der Waals surface area contributed by atoms with Crippen molar-refractivity contribution < 1.29 is 38.0 Å². The molecule has 57 heavy (non-hydrogen) atoms. The summed E-state index contributed by atoms with van der Waals surface area (Å²) in [6, 6.07) is -0.949. The molecular formula is C44H84Cl3NO8Si. The average Bonchev–Trinajstić information content (AvgIpc) is 3.14. The van der Waals surface area contributed by atoms with Crippen LogP contribution in [0.25, 0.3) is 0 Å². The van der Waals surface area contributed by atoms with Crippen molar-refractivity contribution >= 4 is 49.2 Å². The Morgan fingerprint density at radius 2 is 1.33 bits per heavy atom. The van der Waals surface area contributed by atoms with Crippen LogP contribution in [0.4, 0.5) is 4.79 Å². The van der Waals surface area contributed by atoms with Gasteiger partial charge in [0.1, 0.15) is 31.0 Å². The third-order valence-electron chi connectivity index (χ3n) is 11.3. The second-order valence-electron chi connectivity index (χ2n) is 17.5. The molecule has 0 unspecified atom stereocenters. The Labute approximate surface area is 364 Å². The van der Waals surface area contributed by atoms with Crippen molar-refractivity contribution in [3.05, 3.63) is 12.7 Å². The average molecular weight is 890 g/mol. The first-order valence-electron chi connectivity index (χ1n) is 22.5. The number of aliphatic hydroxyl groups excluding tert-OH is 1. The van der Waals surface area contributed by atoms with Crippen molar-refractivity contribution in [1.29, 1.82) is 0 Å². The van der Waals surface area contributed by atoms with Crippen molar-refractivity contribution in [2.75, 3.05) is 33.0 Å². The molecule has 0 saturated carbocycles. The van der Waals surface area contributed by atoms with E-state index < -0.39 is 55.5 Å². The van der Waals surface area contributed by atoms with E-state index in [1.807, 2.05) is 0 Å². The monoisotopic (exact) mass is 888 g/mol. The first kappa shape index (κ1) is 54.9. The van der Waals surface area contributed by atoms with E-state index in [4.69, 9.17) is 62.9 Å². The Kier molecular flexibility index (Phi) is 30.5. The fraction of sp³-hybridized carbons (Fsp3) is 0.932. The third kappa shape index (κ3) is 26.1. The van der Waals surface area contributed by atoms with Crippen molar-refractivity contribution in [1.82, 2.24) is 5.32 Å². The molecular weight excluding hydrogens is 805 g/mol. The fourth-order valence-electron chi connectivity index (χ4n) is 6.71. The van der Waals surface area contributed by atoms with Crippen LogP contribution in [-0.4, -0.2) is 93.1 Å². The Hall–Kier alpha value is -0.143. The second kappa shape index (κ2) is 31.7. The number of hydrogen-bond acceptors (Lipinski definition) is 8. The fourth-order valence-corrected chi connectivity index (χ4v) is 7.89. The summed E-state index contributed by atoms with van der Waals surface area (Å²) < 4.78 is 35.2. The summed E-state index contributed by atoms with van der Waals surface area (Å²) in [4.78, 5) is 13.0. The highest BCUT2D eigenvalue weighted by Gasteiger charge is 2.49. The highest BCUT2D eigenvalue weighted by Crippen LogP contribution is 2.37. The van der Waals surface area contributed by atoms with Gasteiger partial charge in [0.2, 0.25) is 3.79 Å². The van der Waals surface area contributed by atoms with Crippen LogP contribution in [0.1, 0.15) is 169 Å². The van der Waals surface area contributed by atoms with Crippen LogP contribution in [0.5, 0.6) is 0 Å². The Morgan fingerprint density at radius 1 is 0.807 bits per heavy atom. The van der Waals surface area contributed by atoms with Gasteiger partial charge < -0.3 is 38.5 Å². The maximum Gasteiger partial charge on any atom is 0.407 e.